The van der Waals surface area contributed by atoms with Crippen LogP contribution in [-0.4, -0.2) is 16.6 Å². The van der Waals surface area contributed by atoms with Gasteiger partial charge >= 0.3 is 10.8 Å². The van der Waals surface area contributed by atoms with Crippen molar-refractivity contribution in [1.82, 2.24) is 4.57 Å². The fourth-order valence-electron chi connectivity index (χ4n) is 2.10. The lowest BCUT2D eigenvalue weighted by atomic mass is 9.98. The van der Waals surface area contributed by atoms with Crippen LogP contribution in [0.2, 0.25) is 0 Å². The van der Waals surface area contributed by atoms with Crippen molar-refractivity contribution in [3.8, 4) is 0 Å². The number of esters is 1. The fraction of sp³-hybridized carbons (Fsp3) is 0.667. The number of aromatic nitrogens is 1. The predicted molar refractivity (Wildman–Crippen MR) is 66.6 cm³/mol. The molecule has 1 saturated carbocycles. The molecule has 2 rings (SSSR count). The fourth-order valence-corrected chi connectivity index (χ4v) is 2.96. The summed E-state index contributed by atoms with van der Waals surface area (Å²) in [6.45, 7) is 1.77. The molecule has 94 valence electrons. The van der Waals surface area contributed by atoms with E-state index in [1.807, 2.05) is 0 Å². The van der Waals surface area contributed by atoms with E-state index in [9.17, 15) is 9.59 Å². The summed E-state index contributed by atoms with van der Waals surface area (Å²) in [6, 6.07) is 0. The SMILES string of the molecule is Cc1c(C(=O)OC2CCCCC2)sc(=O)n1C. The van der Waals surface area contributed by atoms with Crippen LogP contribution in [0.15, 0.2) is 4.79 Å². The molecule has 0 amide bonds. The third-order valence-corrected chi connectivity index (χ3v) is 4.42. The van der Waals surface area contributed by atoms with Gasteiger partial charge in [-0.2, -0.15) is 0 Å². The normalized spacial score (nSPS) is 17.1. The Morgan fingerprint density at radius 3 is 2.53 bits per heavy atom. The number of carbonyl (C=O) groups excluding carboxylic acids is 1. The molecule has 1 fully saturated rings. The number of thiazole rings is 1. The lowest BCUT2D eigenvalue weighted by molar-refractivity contribution is 0.0215. The number of rotatable bonds is 2. The second kappa shape index (κ2) is 5.04. The number of hydrogen-bond donors (Lipinski definition) is 0. The average molecular weight is 255 g/mol. The summed E-state index contributed by atoms with van der Waals surface area (Å²) in [7, 11) is 1.67. The highest BCUT2D eigenvalue weighted by atomic mass is 32.1. The molecule has 17 heavy (non-hydrogen) atoms. The monoisotopic (exact) mass is 255 g/mol. The largest absolute Gasteiger partial charge is 0.458 e. The Bertz CT molecular complexity index is 469. The number of ether oxygens (including phenoxy) is 1. The van der Waals surface area contributed by atoms with Crippen molar-refractivity contribution in [2.45, 2.75) is 45.1 Å². The summed E-state index contributed by atoms with van der Waals surface area (Å²) < 4.78 is 6.93. The Morgan fingerprint density at radius 2 is 2.00 bits per heavy atom. The van der Waals surface area contributed by atoms with Gasteiger partial charge in [0, 0.05) is 12.7 Å². The highest BCUT2D eigenvalue weighted by Gasteiger charge is 2.22. The predicted octanol–water partition coefficient (Wildman–Crippen LogP) is 2.24. The van der Waals surface area contributed by atoms with E-state index >= 15 is 0 Å². The summed E-state index contributed by atoms with van der Waals surface area (Å²) in [5, 5.41) is 0. The van der Waals surface area contributed by atoms with Gasteiger partial charge in [-0.3, -0.25) is 4.79 Å². The summed E-state index contributed by atoms with van der Waals surface area (Å²) in [6.07, 6.45) is 5.42. The van der Waals surface area contributed by atoms with Gasteiger partial charge in [0.1, 0.15) is 11.0 Å². The third kappa shape index (κ3) is 2.60. The summed E-state index contributed by atoms with van der Waals surface area (Å²) in [4.78, 5) is 23.7. The Kier molecular flexibility index (Phi) is 3.66. The van der Waals surface area contributed by atoms with Gasteiger partial charge in [-0.25, -0.2) is 4.79 Å². The Labute approximate surface area is 104 Å². The van der Waals surface area contributed by atoms with E-state index in [4.69, 9.17) is 4.74 Å². The van der Waals surface area contributed by atoms with Gasteiger partial charge in [-0.05, 0) is 32.6 Å². The Morgan fingerprint density at radius 1 is 1.35 bits per heavy atom. The first-order chi connectivity index (χ1) is 8.09. The quantitative estimate of drug-likeness (QED) is 0.761. The van der Waals surface area contributed by atoms with Gasteiger partial charge < -0.3 is 9.30 Å². The van der Waals surface area contributed by atoms with Crippen molar-refractivity contribution in [3.63, 3.8) is 0 Å². The summed E-state index contributed by atoms with van der Waals surface area (Å²) >= 11 is 0.971. The maximum Gasteiger partial charge on any atom is 0.350 e. The van der Waals surface area contributed by atoms with Crippen LogP contribution in [0.1, 0.15) is 47.5 Å². The Hall–Kier alpha value is -1.10. The van der Waals surface area contributed by atoms with Crippen molar-refractivity contribution in [2.24, 2.45) is 7.05 Å². The molecule has 0 N–H and O–H groups in total. The lowest BCUT2D eigenvalue weighted by Gasteiger charge is -2.21. The second-order valence-corrected chi connectivity index (χ2v) is 5.47. The van der Waals surface area contributed by atoms with E-state index in [1.165, 1.54) is 11.0 Å². The molecule has 4 nitrogen and oxygen atoms in total. The Balaban J connectivity index is 2.08. The second-order valence-electron chi connectivity index (χ2n) is 4.51. The minimum atomic E-state index is -0.336. The first-order valence-corrected chi connectivity index (χ1v) is 6.78. The molecule has 0 aliphatic heterocycles. The molecule has 0 bridgehead atoms. The van der Waals surface area contributed by atoms with Gasteiger partial charge in [0.15, 0.2) is 0 Å². The number of hydrogen-bond acceptors (Lipinski definition) is 4. The molecule has 0 spiro atoms. The molecule has 5 heteroatoms. The third-order valence-electron chi connectivity index (χ3n) is 3.31. The molecule has 0 aromatic carbocycles. The first kappa shape index (κ1) is 12.4. The summed E-state index contributed by atoms with van der Waals surface area (Å²) in [5.41, 5.74) is 0.695. The van der Waals surface area contributed by atoms with Gasteiger partial charge in [0.2, 0.25) is 0 Å². The molecule has 0 atom stereocenters. The molecule has 1 heterocycles. The van der Waals surface area contributed by atoms with Crippen molar-refractivity contribution in [3.05, 3.63) is 20.2 Å². The van der Waals surface area contributed by atoms with Gasteiger partial charge in [0.05, 0.1) is 0 Å². The molecule has 0 saturated heterocycles. The van der Waals surface area contributed by atoms with E-state index in [0.29, 0.717) is 10.6 Å². The molecule has 0 radical (unpaired) electrons. The number of carbonyl (C=O) groups is 1. The van der Waals surface area contributed by atoms with Crippen molar-refractivity contribution in [1.29, 1.82) is 0 Å². The maximum absolute atomic E-state index is 11.9. The van der Waals surface area contributed by atoms with Gasteiger partial charge in [-0.15, -0.1) is 0 Å². The van der Waals surface area contributed by atoms with E-state index in [1.54, 1.807) is 14.0 Å². The topological polar surface area (TPSA) is 48.3 Å². The minimum Gasteiger partial charge on any atom is -0.458 e. The van der Waals surface area contributed by atoms with Gasteiger partial charge in [-0.1, -0.05) is 17.8 Å². The van der Waals surface area contributed by atoms with E-state index in [-0.39, 0.29) is 16.9 Å². The molecule has 1 aromatic rings. The molecule has 1 aromatic heterocycles. The van der Waals surface area contributed by atoms with E-state index in [0.717, 1.165) is 37.0 Å². The minimum absolute atomic E-state index is 0.0400. The zero-order chi connectivity index (χ0) is 12.4. The van der Waals surface area contributed by atoms with Crippen LogP contribution in [0, 0.1) is 6.92 Å². The van der Waals surface area contributed by atoms with E-state index < -0.39 is 0 Å². The molecular weight excluding hydrogens is 238 g/mol. The van der Waals surface area contributed by atoms with Crippen LogP contribution in [0.5, 0.6) is 0 Å². The van der Waals surface area contributed by atoms with Crippen molar-refractivity contribution < 1.29 is 9.53 Å². The van der Waals surface area contributed by atoms with Crippen molar-refractivity contribution >= 4 is 17.3 Å². The van der Waals surface area contributed by atoms with Crippen molar-refractivity contribution in [2.75, 3.05) is 0 Å². The molecule has 1 aliphatic carbocycles. The van der Waals surface area contributed by atoms with E-state index in [2.05, 4.69) is 0 Å². The maximum atomic E-state index is 11.9. The van der Waals surface area contributed by atoms with Crippen LogP contribution in [0.3, 0.4) is 0 Å². The highest BCUT2D eigenvalue weighted by molar-refractivity contribution is 7.11. The standard InChI is InChI=1S/C12H17NO3S/c1-8-10(17-12(15)13(8)2)11(14)16-9-6-4-3-5-7-9/h9H,3-7H2,1-2H3. The van der Waals surface area contributed by atoms with Crippen LogP contribution < -0.4 is 4.87 Å². The van der Waals surface area contributed by atoms with Crippen LogP contribution in [0.4, 0.5) is 0 Å². The highest BCUT2D eigenvalue weighted by Crippen LogP contribution is 2.22. The average Bonchev–Trinajstić information content (AvgIpc) is 2.58. The van der Waals surface area contributed by atoms with Crippen LogP contribution in [-0.2, 0) is 11.8 Å². The zero-order valence-electron chi connectivity index (χ0n) is 10.2. The smallest absolute Gasteiger partial charge is 0.350 e. The molecular formula is C12H17NO3S. The van der Waals surface area contributed by atoms with Crippen LogP contribution >= 0.6 is 11.3 Å². The number of nitrogens with zero attached hydrogens (tertiary/aromatic N) is 1. The lowest BCUT2D eigenvalue weighted by Crippen LogP contribution is -2.21. The first-order valence-electron chi connectivity index (χ1n) is 5.97. The summed E-state index contributed by atoms with van der Waals surface area (Å²) in [5.74, 6) is -0.336. The molecule has 1 aliphatic rings. The van der Waals surface area contributed by atoms with Crippen LogP contribution in [0.25, 0.3) is 0 Å². The molecule has 0 unspecified atom stereocenters. The van der Waals surface area contributed by atoms with Gasteiger partial charge in [0.25, 0.3) is 0 Å². The zero-order valence-corrected chi connectivity index (χ0v) is 11.0.